The molecule has 0 radical (unpaired) electrons. The topological polar surface area (TPSA) is 73.9 Å². The second kappa shape index (κ2) is 10.2. The molecule has 1 heterocycles. The molecule has 5 nitrogen and oxygen atoms in total. The van der Waals surface area contributed by atoms with E-state index in [9.17, 15) is 5.11 Å². The Balaban J connectivity index is 1.54. The summed E-state index contributed by atoms with van der Waals surface area (Å²) in [6, 6.07) is 23.5. The number of nitrogen functional groups attached to an aromatic ring is 1. The van der Waals surface area contributed by atoms with Crippen LogP contribution < -0.4 is 10.5 Å². The van der Waals surface area contributed by atoms with Gasteiger partial charge >= 0.3 is 0 Å². The zero-order valence-electron chi connectivity index (χ0n) is 17.4. The van der Waals surface area contributed by atoms with Gasteiger partial charge in [0.1, 0.15) is 5.75 Å². The molecule has 0 saturated carbocycles. The number of benzene rings is 3. The molecule has 1 saturated heterocycles. The number of hydrogen-bond donors (Lipinski definition) is 2. The number of para-hydroxylation sites is 1. The molecule has 1 aliphatic rings. The first kappa shape index (κ1) is 21.7. The molecule has 1 fully saturated rings. The van der Waals surface area contributed by atoms with E-state index in [1.165, 1.54) is 0 Å². The lowest BCUT2D eigenvalue weighted by Gasteiger charge is -2.36. The van der Waals surface area contributed by atoms with E-state index in [4.69, 9.17) is 19.9 Å². The van der Waals surface area contributed by atoms with E-state index in [0.717, 1.165) is 39.5 Å². The second-order valence-corrected chi connectivity index (χ2v) is 8.54. The van der Waals surface area contributed by atoms with Crippen molar-refractivity contribution in [1.82, 2.24) is 0 Å². The van der Waals surface area contributed by atoms with Gasteiger partial charge in [0.2, 0.25) is 0 Å². The number of methoxy groups -OCH3 is 1. The lowest BCUT2D eigenvalue weighted by molar-refractivity contribution is -0.245. The fourth-order valence-corrected chi connectivity index (χ4v) is 4.70. The maximum atomic E-state index is 9.34. The molecule has 0 spiro atoms. The highest BCUT2D eigenvalue weighted by atomic mass is 32.2. The Labute approximate surface area is 187 Å². The average molecular weight is 438 g/mol. The summed E-state index contributed by atoms with van der Waals surface area (Å²) in [4.78, 5) is 1.09. The number of hydrogen-bond acceptors (Lipinski definition) is 6. The number of rotatable bonds is 7. The molecular weight excluding hydrogens is 410 g/mol. The van der Waals surface area contributed by atoms with Crippen LogP contribution in [0.5, 0.6) is 5.75 Å². The molecule has 6 heteroatoms. The Kier molecular flexibility index (Phi) is 7.14. The normalized spacial score (nSPS) is 21.0. The third-order valence-corrected chi connectivity index (χ3v) is 6.48. The third kappa shape index (κ3) is 5.40. The molecule has 3 unspecified atom stereocenters. The highest BCUT2D eigenvalue weighted by molar-refractivity contribution is 7.99. The van der Waals surface area contributed by atoms with E-state index in [0.29, 0.717) is 5.69 Å². The van der Waals surface area contributed by atoms with Crippen LogP contribution >= 0.6 is 11.8 Å². The minimum absolute atomic E-state index is 0.0161. The van der Waals surface area contributed by atoms with Crippen molar-refractivity contribution in [1.29, 1.82) is 0 Å². The van der Waals surface area contributed by atoms with Crippen molar-refractivity contribution in [2.24, 2.45) is 0 Å². The van der Waals surface area contributed by atoms with Crippen LogP contribution in [0.4, 0.5) is 5.69 Å². The van der Waals surface area contributed by atoms with Gasteiger partial charge in [-0.2, -0.15) is 0 Å². The molecule has 3 aromatic rings. The van der Waals surface area contributed by atoms with Gasteiger partial charge in [0.25, 0.3) is 0 Å². The van der Waals surface area contributed by atoms with E-state index in [1.807, 2.05) is 66.7 Å². The molecule has 0 amide bonds. The maximum absolute atomic E-state index is 9.34. The van der Waals surface area contributed by atoms with Gasteiger partial charge < -0.3 is 25.1 Å². The van der Waals surface area contributed by atoms with Crippen LogP contribution in [0.25, 0.3) is 0 Å². The number of aliphatic hydroxyl groups excluding tert-OH is 1. The SMILES string of the molecule is COc1ccccc1SCC1CC(c2ccc(CO)cc2)OC(c2cccc(N)c2)O1. The number of anilines is 1. The smallest absolute Gasteiger partial charge is 0.184 e. The second-order valence-electron chi connectivity index (χ2n) is 7.48. The van der Waals surface area contributed by atoms with Crippen molar-refractivity contribution in [3.63, 3.8) is 0 Å². The number of thioether (sulfide) groups is 1. The van der Waals surface area contributed by atoms with Gasteiger partial charge in [-0.15, -0.1) is 11.8 Å². The van der Waals surface area contributed by atoms with Crippen molar-refractivity contribution in [3.8, 4) is 5.75 Å². The molecule has 0 aromatic heterocycles. The standard InChI is InChI=1S/C25H27NO4S/c1-28-22-7-2-3-8-24(22)31-16-21-14-23(18-11-9-17(15-27)10-12-18)30-25(29-21)19-5-4-6-20(26)13-19/h2-13,21,23,25,27H,14-16,26H2,1H3. The maximum Gasteiger partial charge on any atom is 0.184 e. The highest BCUT2D eigenvalue weighted by Crippen LogP contribution is 2.40. The van der Waals surface area contributed by atoms with Crippen molar-refractivity contribution in [2.45, 2.75) is 36.4 Å². The molecule has 3 N–H and O–H groups in total. The lowest BCUT2D eigenvalue weighted by atomic mass is 10.0. The van der Waals surface area contributed by atoms with Crippen LogP contribution in [0.15, 0.2) is 77.7 Å². The van der Waals surface area contributed by atoms with Crippen LogP contribution in [0.3, 0.4) is 0 Å². The van der Waals surface area contributed by atoms with Gasteiger partial charge in [-0.1, -0.05) is 48.5 Å². The van der Waals surface area contributed by atoms with Crippen LogP contribution in [0, 0.1) is 0 Å². The predicted octanol–water partition coefficient (Wildman–Crippen LogP) is 5.11. The fraction of sp³-hybridized carbons (Fsp3) is 0.280. The number of nitrogens with two attached hydrogens (primary N) is 1. The molecule has 0 bridgehead atoms. The van der Waals surface area contributed by atoms with Crippen LogP contribution in [0.1, 0.15) is 35.5 Å². The van der Waals surface area contributed by atoms with E-state index in [2.05, 4.69) is 6.07 Å². The van der Waals surface area contributed by atoms with Gasteiger partial charge in [0.05, 0.1) is 25.9 Å². The fourth-order valence-electron chi connectivity index (χ4n) is 3.65. The molecule has 0 aliphatic carbocycles. The van der Waals surface area contributed by atoms with Gasteiger partial charge in [0.15, 0.2) is 6.29 Å². The van der Waals surface area contributed by atoms with E-state index >= 15 is 0 Å². The number of aliphatic hydroxyl groups is 1. The first-order valence-electron chi connectivity index (χ1n) is 10.3. The largest absolute Gasteiger partial charge is 0.496 e. The molecule has 4 rings (SSSR count). The molecule has 3 atom stereocenters. The molecule has 1 aliphatic heterocycles. The third-order valence-electron chi connectivity index (χ3n) is 5.29. The Morgan fingerprint density at radius 3 is 2.55 bits per heavy atom. The summed E-state index contributed by atoms with van der Waals surface area (Å²) in [6.07, 6.45) is 0.108. The summed E-state index contributed by atoms with van der Waals surface area (Å²) < 4.78 is 18.2. The quantitative estimate of drug-likeness (QED) is 0.395. The van der Waals surface area contributed by atoms with Crippen molar-refractivity contribution in [2.75, 3.05) is 18.6 Å². The monoisotopic (exact) mass is 437 g/mol. The highest BCUT2D eigenvalue weighted by Gasteiger charge is 2.32. The summed E-state index contributed by atoms with van der Waals surface area (Å²) in [5.41, 5.74) is 9.53. The van der Waals surface area contributed by atoms with Gasteiger partial charge in [-0.25, -0.2) is 0 Å². The van der Waals surface area contributed by atoms with E-state index < -0.39 is 6.29 Å². The predicted molar refractivity (Wildman–Crippen MR) is 123 cm³/mol. The lowest BCUT2D eigenvalue weighted by Crippen LogP contribution is -2.31. The molecule has 162 valence electrons. The van der Waals surface area contributed by atoms with Gasteiger partial charge in [-0.3, -0.25) is 0 Å². The summed E-state index contributed by atoms with van der Waals surface area (Å²) in [6.45, 7) is 0.0268. The summed E-state index contributed by atoms with van der Waals surface area (Å²) in [7, 11) is 1.69. The minimum Gasteiger partial charge on any atom is -0.496 e. The first-order chi connectivity index (χ1) is 15.2. The first-order valence-corrected chi connectivity index (χ1v) is 11.3. The van der Waals surface area contributed by atoms with Gasteiger partial charge in [0, 0.05) is 28.3 Å². The van der Waals surface area contributed by atoms with Crippen molar-refractivity contribution >= 4 is 17.4 Å². The van der Waals surface area contributed by atoms with Crippen molar-refractivity contribution in [3.05, 3.63) is 89.5 Å². The molecular formula is C25H27NO4S. The molecule has 3 aromatic carbocycles. The zero-order chi connectivity index (χ0) is 21.6. The van der Waals surface area contributed by atoms with Gasteiger partial charge in [-0.05, 0) is 35.4 Å². The van der Waals surface area contributed by atoms with Crippen molar-refractivity contribution < 1.29 is 19.3 Å². The Morgan fingerprint density at radius 1 is 1.00 bits per heavy atom. The van der Waals surface area contributed by atoms with Crippen LogP contribution in [-0.4, -0.2) is 24.1 Å². The summed E-state index contributed by atoms with van der Waals surface area (Å²) in [5.74, 6) is 1.64. The Bertz CT molecular complexity index is 995. The summed E-state index contributed by atoms with van der Waals surface area (Å²) in [5, 5.41) is 9.34. The summed E-state index contributed by atoms with van der Waals surface area (Å²) >= 11 is 1.72. The van der Waals surface area contributed by atoms with Crippen LogP contribution in [-0.2, 0) is 16.1 Å². The zero-order valence-corrected chi connectivity index (χ0v) is 18.3. The van der Waals surface area contributed by atoms with Crippen LogP contribution in [0.2, 0.25) is 0 Å². The number of ether oxygens (including phenoxy) is 3. The van der Waals surface area contributed by atoms with E-state index in [-0.39, 0.29) is 18.8 Å². The Hall–Kier alpha value is -2.51. The molecule has 31 heavy (non-hydrogen) atoms. The van der Waals surface area contributed by atoms with E-state index in [1.54, 1.807) is 18.9 Å². The minimum atomic E-state index is -0.497. The average Bonchev–Trinajstić information content (AvgIpc) is 2.82. The Morgan fingerprint density at radius 2 is 1.81 bits per heavy atom.